The number of hydrogen-bond acceptors (Lipinski definition) is 3. The van der Waals surface area contributed by atoms with Gasteiger partial charge in [0.15, 0.2) is 0 Å². The standard InChI is InChI=1S/C23H28FN3O2/c24-22-9-2-1-6-18(22)15-26-12-4-7-19(16-26)25-23(29)27(20-10-11-20)14-17-5-3-8-21(28)13-17/h1-3,5-6,8-9,13,19-20,28H,4,7,10-12,14-16H2,(H,25,29)/t19-/m1/s1. The van der Waals surface area contributed by atoms with E-state index in [-0.39, 0.29) is 29.7 Å². The second kappa shape index (κ2) is 8.82. The average Bonchev–Trinajstić information content (AvgIpc) is 3.53. The topological polar surface area (TPSA) is 55.8 Å². The molecule has 29 heavy (non-hydrogen) atoms. The van der Waals surface area contributed by atoms with Crippen molar-refractivity contribution in [3.63, 3.8) is 0 Å². The Labute approximate surface area is 171 Å². The minimum Gasteiger partial charge on any atom is -0.508 e. The lowest BCUT2D eigenvalue weighted by Gasteiger charge is -2.34. The Balaban J connectivity index is 1.35. The first-order chi connectivity index (χ1) is 14.1. The summed E-state index contributed by atoms with van der Waals surface area (Å²) in [6.45, 7) is 2.70. The summed E-state index contributed by atoms with van der Waals surface area (Å²) < 4.78 is 14.0. The molecule has 0 unspecified atom stereocenters. The first-order valence-corrected chi connectivity index (χ1v) is 10.4. The monoisotopic (exact) mass is 397 g/mol. The van der Waals surface area contributed by atoms with E-state index in [0.29, 0.717) is 18.7 Å². The summed E-state index contributed by atoms with van der Waals surface area (Å²) in [5, 5.41) is 12.9. The molecular formula is C23H28FN3O2. The van der Waals surface area contributed by atoms with Crippen molar-refractivity contribution in [2.45, 2.75) is 50.9 Å². The Hall–Kier alpha value is -2.60. The summed E-state index contributed by atoms with van der Waals surface area (Å²) in [5.41, 5.74) is 1.62. The van der Waals surface area contributed by atoms with E-state index >= 15 is 0 Å². The zero-order valence-corrected chi connectivity index (χ0v) is 16.6. The number of phenolic OH excluding ortho intramolecular Hbond substituents is 1. The second-order valence-electron chi connectivity index (χ2n) is 8.14. The summed E-state index contributed by atoms with van der Waals surface area (Å²) in [7, 11) is 0. The highest BCUT2D eigenvalue weighted by Gasteiger charge is 2.34. The molecule has 2 N–H and O–H groups in total. The Morgan fingerprint density at radius 2 is 2.00 bits per heavy atom. The van der Waals surface area contributed by atoms with Crippen molar-refractivity contribution in [2.75, 3.05) is 13.1 Å². The fourth-order valence-electron chi connectivity index (χ4n) is 4.05. The van der Waals surface area contributed by atoms with Crippen LogP contribution >= 0.6 is 0 Å². The summed E-state index contributed by atoms with van der Waals surface area (Å²) in [5.74, 6) is 0.0411. The molecule has 0 aromatic heterocycles. The van der Waals surface area contributed by atoms with Gasteiger partial charge in [0.1, 0.15) is 11.6 Å². The molecule has 2 amide bonds. The molecule has 154 valence electrons. The fraction of sp³-hybridized carbons (Fsp3) is 0.435. The molecule has 6 heteroatoms. The van der Waals surface area contributed by atoms with Gasteiger partial charge in [-0.25, -0.2) is 9.18 Å². The van der Waals surface area contributed by atoms with E-state index < -0.39 is 0 Å². The van der Waals surface area contributed by atoms with Crippen LogP contribution in [0, 0.1) is 5.82 Å². The molecule has 4 rings (SSSR count). The molecule has 0 radical (unpaired) electrons. The van der Waals surface area contributed by atoms with E-state index in [1.807, 2.05) is 23.1 Å². The second-order valence-corrected chi connectivity index (χ2v) is 8.14. The van der Waals surface area contributed by atoms with Crippen LogP contribution in [0.15, 0.2) is 48.5 Å². The third-order valence-electron chi connectivity index (χ3n) is 5.70. The van der Waals surface area contributed by atoms with Crippen LogP contribution in [0.5, 0.6) is 5.75 Å². The number of nitrogens with zero attached hydrogens (tertiary/aromatic N) is 2. The summed E-state index contributed by atoms with van der Waals surface area (Å²) in [6.07, 6.45) is 3.96. The zero-order chi connectivity index (χ0) is 20.2. The number of phenols is 1. The summed E-state index contributed by atoms with van der Waals surface area (Å²) in [6, 6.07) is 14.2. The van der Waals surface area contributed by atoms with Gasteiger partial charge in [0, 0.05) is 37.3 Å². The number of likely N-dealkylation sites (tertiary alicyclic amines) is 1. The number of amides is 2. The predicted molar refractivity (Wildman–Crippen MR) is 110 cm³/mol. The van der Waals surface area contributed by atoms with Crippen LogP contribution in [-0.4, -0.2) is 46.1 Å². The Morgan fingerprint density at radius 3 is 2.76 bits per heavy atom. The maximum Gasteiger partial charge on any atom is 0.318 e. The quantitative estimate of drug-likeness (QED) is 0.778. The van der Waals surface area contributed by atoms with Crippen LogP contribution in [0.3, 0.4) is 0 Å². The van der Waals surface area contributed by atoms with Crippen molar-refractivity contribution < 1.29 is 14.3 Å². The lowest BCUT2D eigenvalue weighted by atomic mass is 10.0. The van der Waals surface area contributed by atoms with Crippen molar-refractivity contribution in [2.24, 2.45) is 0 Å². The molecule has 1 aliphatic carbocycles. The van der Waals surface area contributed by atoms with Gasteiger partial charge in [-0.2, -0.15) is 0 Å². The summed E-state index contributed by atoms with van der Waals surface area (Å²) >= 11 is 0. The largest absolute Gasteiger partial charge is 0.508 e. The molecule has 1 heterocycles. The minimum absolute atomic E-state index is 0.0476. The van der Waals surface area contributed by atoms with Crippen LogP contribution in [0.25, 0.3) is 0 Å². The number of carbonyl (C=O) groups is 1. The van der Waals surface area contributed by atoms with Gasteiger partial charge in [0.25, 0.3) is 0 Å². The normalized spacial score (nSPS) is 19.7. The number of aromatic hydroxyl groups is 1. The zero-order valence-electron chi connectivity index (χ0n) is 16.6. The van der Waals surface area contributed by atoms with Crippen LogP contribution in [0.4, 0.5) is 9.18 Å². The van der Waals surface area contributed by atoms with Gasteiger partial charge in [-0.15, -0.1) is 0 Å². The number of carbonyl (C=O) groups excluding carboxylic acids is 1. The Bertz CT molecular complexity index is 856. The highest BCUT2D eigenvalue weighted by Crippen LogP contribution is 2.29. The van der Waals surface area contributed by atoms with E-state index in [0.717, 1.165) is 44.3 Å². The molecule has 2 fully saturated rings. The molecule has 1 saturated heterocycles. The van der Waals surface area contributed by atoms with Gasteiger partial charge >= 0.3 is 6.03 Å². The van der Waals surface area contributed by atoms with E-state index in [2.05, 4.69) is 10.2 Å². The Morgan fingerprint density at radius 1 is 1.17 bits per heavy atom. The molecule has 5 nitrogen and oxygen atoms in total. The number of urea groups is 1. The third kappa shape index (κ3) is 5.26. The number of hydrogen-bond donors (Lipinski definition) is 2. The van der Waals surface area contributed by atoms with Crippen molar-refractivity contribution in [3.05, 3.63) is 65.5 Å². The van der Waals surface area contributed by atoms with Gasteiger partial charge in [0.2, 0.25) is 0 Å². The lowest BCUT2D eigenvalue weighted by Crippen LogP contribution is -2.51. The Kier molecular flexibility index (Phi) is 6.00. The highest BCUT2D eigenvalue weighted by atomic mass is 19.1. The van der Waals surface area contributed by atoms with Gasteiger partial charge in [-0.05, 0) is 56.0 Å². The molecule has 1 atom stereocenters. The molecular weight excluding hydrogens is 369 g/mol. The molecule has 2 aliphatic rings. The van der Waals surface area contributed by atoms with E-state index in [4.69, 9.17) is 0 Å². The van der Waals surface area contributed by atoms with E-state index in [9.17, 15) is 14.3 Å². The fourth-order valence-corrected chi connectivity index (χ4v) is 4.05. The van der Waals surface area contributed by atoms with Crippen LogP contribution < -0.4 is 5.32 Å². The molecule has 0 spiro atoms. The third-order valence-corrected chi connectivity index (χ3v) is 5.70. The number of piperidine rings is 1. The molecule has 2 aromatic rings. The molecule has 0 bridgehead atoms. The van der Waals surface area contributed by atoms with Crippen LogP contribution in [0.1, 0.15) is 36.8 Å². The van der Waals surface area contributed by atoms with Crippen LogP contribution in [0.2, 0.25) is 0 Å². The van der Waals surface area contributed by atoms with E-state index in [1.54, 1.807) is 24.3 Å². The number of nitrogens with one attached hydrogen (secondary N) is 1. The number of rotatable bonds is 6. The number of halogens is 1. The van der Waals surface area contributed by atoms with Gasteiger partial charge in [-0.1, -0.05) is 30.3 Å². The molecule has 1 saturated carbocycles. The van der Waals surface area contributed by atoms with Gasteiger partial charge in [-0.3, -0.25) is 4.90 Å². The average molecular weight is 397 g/mol. The highest BCUT2D eigenvalue weighted by molar-refractivity contribution is 5.75. The first kappa shape index (κ1) is 19.7. The molecule has 2 aromatic carbocycles. The van der Waals surface area contributed by atoms with Gasteiger partial charge in [0.05, 0.1) is 0 Å². The number of benzene rings is 2. The SMILES string of the molecule is O=C(N[C@@H]1CCCN(Cc2ccccc2F)C1)N(Cc1cccc(O)c1)C1CC1. The van der Waals surface area contributed by atoms with Crippen molar-refractivity contribution >= 4 is 6.03 Å². The lowest BCUT2D eigenvalue weighted by molar-refractivity contribution is 0.159. The minimum atomic E-state index is -0.176. The first-order valence-electron chi connectivity index (χ1n) is 10.4. The van der Waals surface area contributed by atoms with Gasteiger partial charge < -0.3 is 15.3 Å². The molecule has 1 aliphatic heterocycles. The summed E-state index contributed by atoms with van der Waals surface area (Å²) in [4.78, 5) is 17.1. The van der Waals surface area contributed by atoms with Crippen molar-refractivity contribution in [1.29, 1.82) is 0 Å². The van der Waals surface area contributed by atoms with Crippen LogP contribution in [-0.2, 0) is 13.1 Å². The van der Waals surface area contributed by atoms with Crippen molar-refractivity contribution in [1.82, 2.24) is 15.1 Å². The smallest absolute Gasteiger partial charge is 0.318 e. The van der Waals surface area contributed by atoms with E-state index in [1.165, 1.54) is 6.07 Å². The van der Waals surface area contributed by atoms with Crippen molar-refractivity contribution in [3.8, 4) is 5.75 Å². The maximum atomic E-state index is 14.0. The predicted octanol–water partition coefficient (Wildman–Crippen LogP) is 3.87. The maximum absolute atomic E-state index is 14.0.